The summed E-state index contributed by atoms with van der Waals surface area (Å²) in [5.41, 5.74) is 6.60. The minimum absolute atomic E-state index is 0.504. The highest BCUT2D eigenvalue weighted by atomic mass is 79.9. The van der Waals surface area contributed by atoms with E-state index in [4.69, 9.17) is 5.84 Å². The van der Waals surface area contributed by atoms with Gasteiger partial charge in [-0.15, -0.1) is 0 Å². The van der Waals surface area contributed by atoms with Crippen LogP contribution in [-0.2, 0) is 0 Å². The zero-order chi connectivity index (χ0) is 14.5. The lowest BCUT2D eigenvalue weighted by molar-refractivity contribution is 1.02. The molecule has 0 atom stereocenters. The molecule has 2 aromatic rings. The first-order valence-corrected chi connectivity index (χ1v) is 7.03. The summed E-state index contributed by atoms with van der Waals surface area (Å²) in [6, 6.07) is 13.8. The molecule has 0 aromatic heterocycles. The number of nitrogens with zero attached hydrogens (tertiary/aromatic N) is 1. The van der Waals surface area contributed by atoms with Crippen LogP contribution in [0.1, 0.15) is 11.1 Å². The zero-order valence-electron chi connectivity index (χ0n) is 11.4. The Bertz CT molecular complexity index is 600. The van der Waals surface area contributed by atoms with Crippen molar-refractivity contribution in [2.24, 2.45) is 10.8 Å². The summed E-state index contributed by atoms with van der Waals surface area (Å²) in [6.07, 6.45) is 0. The number of halogens is 1. The molecule has 4 nitrogen and oxygen atoms in total. The van der Waals surface area contributed by atoms with Crippen LogP contribution in [0.15, 0.2) is 51.9 Å². The van der Waals surface area contributed by atoms with Gasteiger partial charge >= 0.3 is 0 Å². The average molecular weight is 333 g/mol. The van der Waals surface area contributed by atoms with Crippen molar-refractivity contribution >= 4 is 33.3 Å². The number of guanidine groups is 1. The fourth-order valence-corrected chi connectivity index (χ4v) is 2.63. The van der Waals surface area contributed by atoms with Gasteiger partial charge in [0.1, 0.15) is 0 Å². The number of aryl methyl sites for hydroxylation is 2. The molecule has 0 radical (unpaired) electrons. The van der Waals surface area contributed by atoms with Gasteiger partial charge < -0.3 is 5.32 Å². The van der Waals surface area contributed by atoms with Crippen LogP contribution in [0.5, 0.6) is 0 Å². The number of para-hydroxylation sites is 1. The lowest BCUT2D eigenvalue weighted by Crippen LogP contribution is -2.36. The molecule has 104 valence electrons. The zero-order valence-corrected chi connectivity index (χ0v) is 13.0. The Kier molecular flexibility index (Phi) is 4.76. The highest BCUT2D eigenvalue weighted by molar-refractivity contribution is 9.10. The molecule has 0 saturated heterocycles. The molecule has 0 aliphatic heterocycles. The highest BCUT2D eigenvalue weighted by Crippen LogP contribution is 2.27. The predicted molar refractivity (Wildman–Crippen MR) is 88.1 cm³/mol. The number of nitrogens with two attached hydrogens (primary N) is 1. The van der Waals surface area contributed by atoms with Crippen LogP contribution < -0.4 is 16.6 Å². The number of benzene rings is 2. The molecule has 0 fully saturated rings. The molecule has 0 bridgehead atoms. The predicted octanol–water partition coefficient (Wildman–Crippen LogP) is 3.63. The topological polar surface area (TPSA) is 62.4 Å². The SMILES string of the molecule is Cc1cc(Br)cc(C)c1N=C(NN)Nc1ccccc1. The van der Waals surface area contributed by atoms with E-state index in [1.165, 1.54) is 0 Å². The largest absolute Gasteiger partial charge is 0.325 e. The van der Waals surface area contributed by atoms with E-state index in [0.717, 1.165) is 27.0 Å². The molecule has 0 unspecified atom stereocenters. The van der Waals surface area contributed by atoms with Gasteiger partial charge in [0.15, 0.2) is 0 Å². The van der Waals surface area contributed by atoms with E-state index in [9.17, 15) is 0 Å². The third-order valence-electron chi connectivity index (χ3n) is 2.85. The van der Waals surface area contributed by atoms with E-state index in [0.29, 0.717) is 5.96 Å². The average Bonchev–Trinajstić information content (AvgIpc) is 2.42. The molecule has 2 rings (SSSR count). The van der Waals surface area contributed by atoms with Gasteiger partial charge in [0.25, 0.3) is 0 Å². The van der Waals surface area contributed by atoms with Crippen molar-refractivity contribution in [3.05, 3.63) is 58.1 Å². The van der Waals surface area contributed by atoms with Crippen LogP contribution in [0.2, 0.25) is 0 Å². The molecule has 0 amide bonds. The minimum atomic E-state index is 0.504. The first kappa shape index (κ1) is 14.6. The minimum Gasteiger partial charge on any atom is -0.325 e. The lowest BCUT2D eigenvalue weighted by atomic mass is 10.1. The van der Waals surface area contributed by atoms with E-state index in [1.807, 2.05) is 56.3 Å². The van der Waals surface area contributed by atoms with E-state index < -0.39 is 0 Å². The summed E-state index contributed by atoms with van der Waals surface area (Å²) in [5, 5.41) is 3.15. The number of anilines is 1. The van der Waals surface area contributed by atoms with Gasteiger partial charge in [-0.1, -0.05) is 34.1 Å². The number of hydrazine groups is 1. The maximum atomic E-state index is 5.55. The van der Waals surface area contributed by atoms with Gasteiger partial charge in [-0.25, -0.2) is 10.8 Å². The second-order valence-corrected chi connectivity index (χ2v) is 5.40. The van der Waals surface area contributed by atoms with Crippen LogP contribution in [0.3, 0.4) is 0 Å². The monoisotopic (exact) mass is 332 g/mol. The Hall–Kier alpha value is -1.85. The molecule has 2 aromatic carbocycles. The second kappa shape index (κ2) is 6.54. The van der Waals surface area contributed by atoms with Gasteiger partial charge in [0.2, 0.25) is 5.96 Å². The summed E-state index contributed by atoms with van der Waals surface area (Å²) in [7, 11) is 0. The fraction of sp³-hybridized carbons (Fsp3) is 0.133. The summed E-state index contributed by atoms with van der Waals surface area (Å²) >= 11 is 3.48. The van der Waals surface area contributed by atoms with Crippen LogP contribution in [0.25, 0.3) is 0 Å². The van der Waals surface area contributed by atoms with Crippen LogP contribution >= 0.6 is 15.9 Å². The smallest absolute Gasteiger partial charge is 0.215 e. The van der Waals surface area contributed by atoms with Crippen molar-refractivity contribution in [3.8, 4) is 0 Å². The van der Waals surface area contributed by atoms with E-state index in [2.05, 4.69) is 31.7 Å². The molecule has 0 aliphatic rings. The molecule has 0 saturated carbocycles. The molecule has 0 aliphatic carbocycles. The van der Waals surface area contributed by atoms with E-state index >= 15 is 0 Å². The van der Waals surface area contributed by atoms with Crippen molar-refractivity contribution in [1.29, 1.82) is 0 Å². The van der Waals surface area contributed by atoms with Crippen molar-refractivity contribution in [2.75, 3.05) is 5.32 Å². The lowest BCUT2D eigenvalue weighted by Gasteiger charge is -2.11. The van der Waals surface area contributed by atoms with Gasteiger partial charge in [0, 0.05) is 10.2 Å². The van der Waals surface area contributed by atoms with Gasteiger partial charge in [-0.3, -0.25) is 5.43 Å². The number of nitrogens with one attached hydrogen (secondary N) is 2. The maximum absolute atomic E-state index is 5.55. The summed E-state index contributed by atoms with van der Waals surface area (Å²) in [4.78, 5) is 4.56. The molecule has 0 spiro atoms. The van der Waals surface area contributed by atoms with Gasteiger partial charge in [-0.05, 0) is 49.2 Å². The van der Waals surface area contributed by atoms with Crippen LogP contribution in [-0.4, -0.2) is 5.96 Å². The van der Waals surface area contributed by atoms with Crippen molar-refractivity contribution < 1.29 is 0 Å². The normalized spacial score (nSPS) is 11.3. The van der Waals surface area contributed by atoms with Crippen molar-refractivity contribution in [3.63, 3.8) is 0 Å². The third-order valence-corrected chi connectivity index (χ3v) is 3.31. The summed E-state index contributed by atoms with van der Waals surface area (Å²) < 4.78 is 1.05. The Balaban J connectivity index is 2.32. The molecule has 20 heavy (non-hydrogen) atoms. The molecule has 0 heterocycles. The molecule has 5 heteroatoms. The Morgan fingerprint density at radius 1 is 1.10 bits per heavy atom. The van der Waals surface area contributed by atoms with Crippen molar-refractivity contribution in [2.45, 2.75) is 13.8 Å². The molecular weight excluding hydrogens is 316 g/mol. The highest BCUT2D eigenvalue weighted by Gasteiger charge is 2.05. The van der Waals surface area contributed by atoms with Crippen LogP contribution in [0, 0.1) is 13.8 Å². The molecular formula is C15H17BrN4. The quantitative estimate of drug-likeness (QED) is 0.340. The number of rotatable bonds is 2. The number of hydrogen-bond acceptors (Lipinski definition) is 2. The maximum Gasteiger partial charge on any atom is 0.215 e. The summed E-state index contributed by atoms with van der Waals surface area (Å²) in [6.45, 7) is 4.04. The number of hydrogen-bond donors (Lipinski definition) is 3. The van der Waals surface area contributed by atoms with E-state index in [-0.39, 0.29) is 0 Å². The summed E-state index contributed by atoms with van der Waals surface area (Å²) in [5.74, 6) is 6.05. The Labute approximate surface area is 127 Å². The van der Waals surface area contributed by atoms with Gasteiger partial charge in [-0.2, -0.15) is 0 Å². The first-order chi connectivity index (χ1) is 9.60. The second-order valence-electron chi connectivity index (χ2n) is 4.48. The standard InChI is InChI=1S/C15H17BrN4/c1-10-8-12(16)9-11(2)14(10)19-15(20-17)18-13-6-4-3-5-7-13/h3-9H,17H2,1-2H3,(H2,18,19,20). The Morgan fingerprint density at radius 2 is 1.70 bits per heavy atom. The van der Waals surface area contributed by atoms with Gasteiger partial charge in [0.05, 0.1) is 5.69 Å². The third kappa shape index (κ3) is 3.59. The Morgan fingerprint density at radius 3 is 2.25 bits per heavy atom. The van der Waals surface area contributed by atoms with Crippen molar-refractivity contribution in [1.82, 2.24) is 5.43 Å². The number of aliphatic imine (C=N–C) groups is 1. The van der Waals surface area contributed by atoms with Crippen LogP contribution in [0.4, 0.5) is 11.4 Å². The fourth-order valence-electron chi connectivity index (χ4n) is 1.95. The molecule has 4 N–H and O–H groups in total. The first-order valence-electron chi connectivity index (χ1n) is 6.24. The van der Waals surface area contributed by atoms with E-state index in [1.54, 1.807) is 0 Å².